The first-order valence-electron chi connectivity index (χ1n) is 20.6. The highest BCUT2D eigenvalue weighted by Crippen LogP contribution is 2.63. The molecule has 0 fully saturated rings. The molecule has 0 nitrogen and oxygen atoms in total. The zero-order chi connectivity index (χ0) is 38.3. The standard InChI is InChI=1S/C58H38/c1-57(2)52-33-36-17-4-3-16-35(36)32-48(52)46-25-15-26-47(56(46)57)55-44-23-7-5-21-42(44)54(43-22-6-8-24-45(43)55)37-30-31-41-40-20-11-14-29-51(40)58(53(41)34-37)49-27-12-9-18-38(49)39-19-10-13-28-50(39)58/h3-34H,1-2H3. The average Bonchev–Trinajstić information content (AvgIpc) is 3.83. The molecule has 0 saturated heterocycles. The van der Waals surface area contributed by atoms with Crippen molar-refractivity contribution in [3.63, 3.8) is 0 Å². The van der Waals surface area contributed by atoms with Crippen LogP contribution in [0.4, 0.5) is 0 Å². The van der Waals surface area contributed by atoms with Gasteiger partial charge in [0.1, 0.15) is 0 Å². The van der Waals surface area contributed by atoms with Crippen LogP contribution < -0.4 is 0 Å². The molecule has 0 bridgehead atoms. The Bertz CT molecular complexity index is 3310. The van der Waals surface area contributed by atoms with Crippen molar-refractivity contribution in [3.05, 3.63) is 228 Å². The van der Waals surface area contributed by atoms with E-state index in [-0.39, 0.29) is 5.41 Å². The second kappa shape index (κ2) is 11.3. The summed E-state index contributed by atoms with van der Waals surface area (Å²) in [6.45, 7) is 4.85. The van der Waals surface area contributed by atoms with E-state index in [0.29, 0.717) is 0 Å². The minimum atomic E-state index is -0.392. The highest BCUT2D eigenvalue weighted by atomic mass is 14.5. The number of hydrogen-bond donors (Lipinski definition) is 0. The summed E-state index contributed by atoms with van der Waals surface area (Å²) in [6.07, 6.45) is 0. The number of fused-ring (bicyclic) bond motifs is 16. The van der Waals surface area contributed by atoms with Gasteiger partial charge in [0, 0.05) is 5.41 Å². The van der Waals surface area contributed by atoms with Gasteiger partial charge < -0.3 is 0 Å². The fourth-order valence-electron chi connectivity index (χ4n) is 11.8. The maximum atomic E-state index is 2.55. The minimum Gasteiger partial charge on any atom is -0.0619 e. The van der Waals surface area contributed by atoms with E-state index in [2.05, 4.69) is 208 Å². The van der Waals surface area contributed by atoms with Crippen molar-refractivity contribution in [2.75, 3.05) is 0 Å². The van der Waals surface area contributed by atoms with Crippen LogP contribution in [0, 0.1) is 0 Å². The fourth-order valence-corrected chi connectivity index (χ4v) is 11.8. The highest BCUT2D eigenvalue weighted by Gasteiger charge is 2.51. The van der Waals surface area contributed by atoms with Crippen LogP contribution in [0.2, 0.25) is 0 Å². The first-order chi connectivity index (χ1) is 28.5. The normalized spacial score (nSPS) is 14.7. The summed E-state index contributed by atoms with van der Waals surface area (Å²) in [7, 11) is 0. The number of hydrogen-bond acceptors (Lipinski definition) is 0. The molecule has 13 rings (SSSR count). The van der Waals surface area contributed by atoms with Gasteiger partial charge in [0.2, 0.25) is 0 Å². The van der Waals surface area contributed by atoms with Gasteiger partial charge in [-0.3, -0.25) is 0 Å². The Balaban J connectivity index is 1.10. The van der Waals surface area contributed by atoms with E-state index in [1.807, 2.05) is 0 Å². The molecule has 10 aromatic carbocycles. The van der Waals surface area contributed by atoms with E-state index in [1.165, 1.54) is 121 Å². The second-order valence-corrected chi connectivity index (χ2v) is 17.1. The zero-order valence-electron chi connectivity index (χ0n) is 32.5. The molecule has 0 aromatic heterocycles. The van der Waals surface area contributed by atoms with Crippen molar-refractivity contribution < 1.29 is 0 Å². The van der Waals surface area contributed by atoms with Crippen LogP contribution in [0.3, 0.4) is 0 Å². The lowest BCUT2D eigenvalue weighted by Crippen LogP contribution is -2.25. The van der Waals surface area contributed by atoms with Gasteiger partial charge in [-0.2, -0.15) is 0 Å². The van der Waals surface area contributed by atoms with Crippen molar-refractivity contribution in [1.29, 1.82) is 0 Å². The molecule has 3 aliphatic rings. The minimum absolute atomic E-state index is 0.177. The molecule has 0 aliphatic heterocycles. The lowest BCUT2D eigenvalue weighted by molar-refractivity contribution is 0.663. The van der Waals surface area contributed by atoms with Gasteiger partial charge in [-0.25, -0.2) is 0 Å². The molecule has 0 saturated carbocycles. The van der Waals surface area contributed by atoms with E-state index >= 15 is 0 Å². The molecule has 270 valence electrons. The first-order valence-corrected chi connectivity index (χ1v) is 20.6. The lowest BCUT2D eigenvalue weighted by Gasteiger charge is -2.31. The quantitative estimate of drug-likeness (QED) is 0.155. The molecule has 1 spiro atoms. The third kappa shape index (κ3) is 3.90. The van der Waals surface area contributed by atoms with Crippen LogP contribution in [0.5, 0.6) is 0 Å². The molecule has 10 aromatic rings. The van der Waals surface area contributed by atoms with E-state index in [4.69, 9.17) is 0 Å². The Morgan fingerprint density at radius 1 is 0.293 bits per heavy atom. The molecule has 0 unspecified atom stereocenters. The van der Waals surface area contributed by atoms with Crippen molar-refractivity contribution in [3.8, 4) is 55.6 Å². The summed E-state index contributed by atoms with van der Waals surface area (Å²) >= 11 is 0. The summed E-state index contributed by atoms with van der Waals surface area (Å²) in [6, 6.07) is 73.6. The monoisotopic (exact) mass is 734 g/mol. The zero-order valence-corrected chi connectivity index (χ0v) is 32.5. The maximum absolute atomic E-state index is 2.55. The summed E-state index contributed by atoms with van der Waals surface area (Å²) in [4.78, 5) is 0. The van der Waals surface area contributed by atoms with Gasteiger partial charge >= 0.3 is 0 Å². The highest BCUT2D eigenvalue weighted by molar-refractivity contribution is 6.22. The van der Waals surface area contributed by atoms with Crippen LogP contribution in [0.15, 0.2) is 194 Å². The third-order valence-electron chi connectivity index (χ3n) is 14.0. The molecule has 0 atom stereocenters. The van der Waals surface area contributed by atoms with Crippen LogP contribution in [0.25, 0.3) is 88.0 Å². The summed E-state index contributed by atoms with van der Waals surface area (Å²) in [5.74, 6) is 0. The SMILES string of the molecule is CC1(C)c2cc3ccccc3cc2-c2cccc(-c3c4ccccc4c(-c4ccc5c(c4)C4(c6ccccc6-c6ccccc64)c4ccccc4-5)c4ccccc34)c21. The first kappa shape index (κ1) is 32.1. The van der Waals surface area contributed by atoms with Gasteiger partial charge in [-0.1, -0.05) is 190 Å². The van der Waals surface area contributed by atoms with E-state index in [0.717, 1.165) is 0 Å². The smallest absolute Gasteiger partial charge is 0.0619 e. The summed E-state index contributed by atoms with van der Waals surface area (Å²) in [5, 5.41) is 7.73. The predicted molar refractivity (Wildman–Crippen MR) is 244 cm³/mol. The van der Waals surface area contributed by atoms with Gasteiger partial charge in [-0.15, -0.1) is 0 Å². The molecule has 0 N–H and O–H groups in total. The van der Waals surface area contributed by atoms with Crippen molar-refractivity contribution in [2.45, 2.75) is 24.7 Å². The largest absolute Gasteiger partial charge is 0.0725 e. The molecule has 3 aliphatic carbocycles. The van der Waals surface area contributed by atoms with Gasteiger partial charge in [0.25, 0.3) is 0 Å². The molecule has 58 heavy (non-hydrogen) atoms. The number of benzene rings is 10. The fraction of sp³-hybridized carbons (Fsp3) is 0.0690. The van der Waals surface area contributed by atoms with E-state index in [9.17, 15) is 0 Å². The van der Waals surface area contributed by atoms with Gasteiger partial charge in [-0.05, 0) is 140 Å². The topological polar surface area (TPSA) is 0 Å². The third-order valence-corrected chi connectivity index (χ3v) is 14.0. The van der Waals surface area contributed by atoms with Crippen molar-refractivity contribution in [1.82, 2.24) is 0 Å². The van der Waals surface area contributed by atoms with E-state index < -0.39 is 5.41 Å². The molecular weight excluding hydrogens is 697 g/mol. The Morgan fingerprint density at radius 2 is 0.741 bits per heavy atom. The maximum Gasteiger partial charge on any atom is 0.0725 e. The summed E-state index contributed by atoms with van der Waals surface area (Å²) in [5.41, 5.74) is 21.0. The second-order valence-electron chi connectivity index (χ2n) is 17.1. The van der Waals surface area contributed by atoms with Crippen LogP contribution in [-0.2, 0) is 10.8 Å². The Kier molecular flexibility index (Phi) is 6.26. The van der Waals surface area contributed by atoms with E-state index in [1.54, 1.807) is 0 Å². The van der Waals surface area contributed by atoms with Gasteiger partial charge in [0.05, 0.1) is 5.41 Å². The van der Waals surface area contributed by atoms with Crippen molar-refractivity contribution in [2.24, 2.45) is 0 Å². The van der Waals surface area contributed by atoms with Crippen molar-refractivity contribution >= 4 is 32.3 Å². The lowest BCUT2D eigenvalue weighted by atomic mass is 9.70. The van der Waals surface area contributed by atoms with Crippen LogP contribution >= 0.6 is 0 Å². The Hall–Kier alpha value is -7.02. The Labute approximate surface area is 338 Å². The molecule has 0 radical (unpaired) electrons. The predicted octanol–water partition coefficient (Wildman–Crippen LogP) is 15.1. The number of rotatable bonds is 2. The molecular formula is C58H38. The average molecular weight is 735 g/mol. The molecule has 0 heterocycles. The van der Waals surface area contributed by atoms with Crippen LogP contribution in [-0.4, -0.2) is 0 Å². The van der Waals surface area contributed by atoms with Gasteiger partial charge in [0.15, 0.2) is 0 Å². The molecule has 0 amide bonds. The summed E-state index contributed by atoms with van der Waals surface area (Å²) < 4.78 is 0. The molecule has 0 heteroatoms. The Morgan fingerprint density at radius 3 is 1.33 bits per heavy atom. The van der Waals surface area contributed by atoms with Crippen LogP contribution in [0.1, 0.15) is 47.2 Å².